The van der Waals surface area contributed by atoms with Gasteiger partial charge in [0, 0.05) is 27.9 Å². The van der Waals surface area contributed by atoms with Crippen LogP contribution in [0, 0.1) is 6.92 Å². The summed E-state index contributed by atoms with van der Waals surface area (Å²) in [5.41, 5.74) is 10.1. The molecule has 0 saturated heterocycles. The highest BCUT2D eigenvalue weighted by molar-refractivity contribution is 7.09. The third-order valence-electron chi connectivity index (χ3n) is 3.54. The molecule has 0 aliphatic heterocycles. The van der Waals surface area contributed by atoms with Crippen molar-refractivity contribution in [2.24, 2.45) is 5.73 Å². The van der Waals surface area contributed by atoms with Gasteiger partial charge in [0.15, 0.2) is 0 Å². The van der Waals surface area contributed by atoms with Crippen LogP contribution in [0.5, 0.6) is 0 Å². The zero-order valence-electron chi connectivity index (χ0n) is 12.4. The molecule has 0 amide bonds. The molecule has 0 fully saturated rings. The number of aromatic nitrogens is 1. The molecule has 2 unspecified atom stereocenters. The van der Waals surface area contributed by atoms with E-state index in [1.807, 2.05) is 36.7 Å². The fourth-order valence-corrected chi connectivity index (χ4v) is 3.21. The first kappa shape index (κ1) is 16.4. The quantitative estimate of drug-likeness (QED) is 0.832. The van der Waals surface area contributed by atoms with Crippen molar-refractivity contribution in [1.29, 1.82) is 0 Å². The molecule has 1 heterocycles. The Balaban J connectivity index is 2.04. The van der Waals surface area contributed by atoms with Gasteiger partial charge < -0.3 is 10.5 Å². The van der Waals surface area contributed by atoms with Gasteiger partial charge in [-0.2, -0.15) is 0 Å². The van der Waals surface area contributed by atoms with E-state index >= 15 is 0 Å². The van der Waals surface area contributed by atoms with E-state index in [0.717, 1.165) is 24.1 Å². The summed E-state index contributed by atoms with van der Waals surface area (Å²) >= 11 is 7.95. The van der Waals surface area contributed by atoms with Gasteiger partial charge in [-0.15, -0.1) is 11.3 Å². The monoisotopic (exact) mass is 324 g/mol. The minimum absolute atomic E-state index is 0.0625. The van der Waals surface area contributed by atoms with Crippen LogP contribution in [0.25, 0.3) is 0 Å². The molecule has 0 spiro atoms. The largest absolute Gasteiger partial charge is 0.371 e. The van der Waals surface area contributed by atoms with E-state index in [9.17, 15) is 0 Å². The molecule has 5 heteroatoms. The van der Waals surface area contributed by atoms with Crippen molar-refractivity contribution in [3.8, 4) is 0 Å². The summed E-state index contributed by atoms with van der Waals surface area (Å²) in [4.78, 5) is 5.52. The van der Waals surface area contributed by atoms with Gasteiger partial charge in [0.05, 0.1) is 23.9 Å². The highest BCUT2D eigenvalue weighted by Gasteiger charge is 2.21. The molecule has 21 heavy (non-hydrogen) atoms. The van der Waals surface area contributed by atoms with Crippen molar-refractivity contribution >= 4 is 22.9 Å². The lowest BCUT2D eigenvalue weighted by Gasteiger charge is -2.24. The second-order valence-corrected chi connectivity index (χ2v) is 6.34. The average Bonchev–Trinajstić information content (AvgIpc) is 2.89. The first-order valence-corrected chi connectivity index (χ1v) is 8.39. The van der Waals surface area contributed by atoms with E-state index in [4.69, 9.17) is 22.1 Å². The molecule has 114 valence electrons. The molecular formula is C16H21ClN2OS. The topological polar surface area (TPSA) is 48.1 Å². The fourth-order valence-electron chi connectivity index (χ4n) is 2.21. The van der Waals surface area contributed by atoms with Crippen LogP contribution >= 0.6 is 22.9 Å². The van der Waals surface area contributed by atoms with Gasteiger partial charge in [0.2, 0.25) is 0 Å². The summed E-state index contributed by atoms with van der Waals surface area (Å²) in [7, 11) is 0. The maximum absolute atomic E-state index is 6.28. The maximum Gasteiger partial charge on any atom is 0.0990 e. The average molecular weight is 325 g/mol. The molecule has 1 aromatic heterocycles. The lowest BCUT2D eigenvalue weighted by atomic mass is 10.0. The summed E-state index contributed by atoms with van der Waals surface area (Å²) in [6.45, 7) is 4.70. The van der Waals surface area contributed by atoms with Crippen LogP contribution in [-0.2, 0) is 11.2 Å². The van der Waals surface area contributed by atoms with E-state index in [1.165, 1.54) is 4.88 Å². The van der Waals surface area contributed by atoms with Crippen molar-refractivity contribution in [1.82, 2.24) is 4.98 Å². The molecular weight excluding hydrogens is 304 g/mol. The van der Waals surface area contributed by atoms with E-state index in [-0.39, 0.29) is 12.1 Å². The summed E-state index contributed by atoms with van der Waals surface area (Å²) in [5, 5.41) is 0.709. The Morgan fingerprint density at radius 1 is 1.38 bits per heavy atom. The van der Waals surface area contributed by atoms with Crippen molar-refractivity contribution in [2.45, 2.75) is 38.8 Å². The number of nitrogens with two attached hydrogens (primary N) is 1. The van der Waals surface area contributed by atoms with Gasteiger partial charge in [-0.3, -0.25) is 0 Å². The molecule has 2 atom stereocenters. The molecule has 2 N–H and O–H groups in total. The predicted molar refractivity (Wildman–Crippen MR) is 89.0 cm³/mol. The number of ether oxygens (including phenoxy) is 1. The Hall–Kier alpha value is -0.940. The molecule has 0 aliphatic carbocycles. The number of rotatable bonds is 7. The number of aryl methyl sites for hydroxylation is 1. The highest BCUT2D eigenvalue weighted by Crippen LogP contribution is 2.29. The standard InChI is InChI=1S/C16H21ClN2OS/c1-3-14(18)16(12-6-4-5-7-13(12)17)20-9-8-15-11(2)19-10-21-15/h4-7,10,14,16H,3,8-9,18H2,1-2H3. The second-order valence-electron chi connectivity index (χ2n) is 5.00. The molecule has 2 rings (SSSR count). The SMILES string of the molecule is CCC(N)C(OCCc1scnc1C)c1ccccc1Cl. The van der Waals surface area contributed by atoms with Gasteiger partial charge in [0.1, 0.15) is 0 Å². The number of halogens is 1. The predicted octanol–water partition coefficient (Wildman–Crippen LogP) is 4.14. The van der Waals surface area contributed by atoms with Crippen LogP contribution in [0.15, 0.2) is 29.8 Å². The van der Waals surface area contributed by atoms with Gasteiger partial charge in [0.25, 0.3) is 0 Å². The summed E-state index contributed by atoms with van der Waals surface area (Å²) in [6.07, 6.45) is 1.53. The van der Waals surface area contributed by atoms with Crippen LogP contribution in [0.1, 0.15) is 35.6 Å². The normalized spacial score (nSPS) is 14.1. The molecule has 0 saturated carbocycles. The lowest BCUT2D eigenvalue weighted by molar-refractivity contribution is 0.0357. The van der Waals surface area contributed by atoms with Crippen molar-refractivity contribution in [3.05, 3.63) is 50.9 Å². The number of nitrogens with zero attached hydrogens (tertiary/aromatic N) is 1. The fraction of sp³-hybridized carbons (Fsp3) is 0.438. The maximum atomic E-state index is 6.28. The molecule has 0 aliphatic rings. The second kappa shape index (κ2) is 7.90. The molecule has 2 aromatic rings. The van der Waals surface area contributed by atoms with Crippen molar-refractivity contribution < 1.29 is 4.74 Å². The highest BCUT2D eigenvalue weighted by atomic mass is 35.5. The Bertz CT molecular complexity index is 573. The van der Waals surface area contributed by atoms with Crippen molar-refractivity contribution in [2.75, 3.05) is 6.61 Å². The third-order valence-corrected chi connectivity index (χ3v) is 4.88. The van der Waals surface area contributed by atoms with Crippen LogP contribution in [0.2, 0.25) is 5.02 Å². The molecule has 0 radical (unpaired) electrons. The molecule has 0 bridgehead atoms. The van der Waals surface area contributed by atoms with E-state index in [0.29, 0.717) is 11.6 Å². The minimum Gasteiger partial charge on any atom is -0.371 e. The number of hydrogen-bond donors (Lipinski definition) is 1. The summed E-state index contributed by atoms with van der Waals surface area (Å²) in [6, 6.07) is 7.69. The van der Waals surface area contributed by atoms with E-state index < -0.39 is 0 Å². The van der Waals surface area contributed by atoms with Gasteiger partial charge >= 0.3 is 0 Å². The zero-order chi connectivity index (χ0) is 15.2. The van der Waals surface area contributed by atoms with Crippen LogP contribution in [0.4, 0.5) is 0 Å². The van der Waals surface area contributed by atoms with Crippen LogP contribution in [-0.4, -0.2) is 17.6 Å². The summed E-state index contributed by atoms with van der Waals surface area (Å²) in [5.74, 6) is 0. The van der Waals surface area contributed by atoms with Gasteiger partial charge in [-0.1, -0.05) is 36.7 Å². The smallest absolute Gasteiger partial charge is 0.0990 e. The Kier molecular flexibility index (Phi) is 6.18. The van der Waals surface area contributed by atoms with Gasteiger partial charge in [-0.05, 0) is 19.4 Å². The first-order valence-electron chi connectivity index (χ1n) is 7.14. The first-order chi connectivity index (χ1) is 10.1. The molecule has 3 nitrogen and oxygen atoms in total. The minimum atomic E-state index is -0.170. The van der Waals surface area contributed by atoms with Crippen LogP contribution < -0.4 is 5.73 Å². The van der Waals surface area contributed by atoms with Gasteiger partial charge in [-0.25, -0.2) is 4.98 Å². The lowest BCUT2D eigenvalue weighted by Crippen LogP contribution is -2.30. The third kappa shape index (κ3) is 4.27. The molecule has 1 aromatic carbocycles. The number of benzene rings is 1. The van der Waals surface area contributed by atoms with E-state index in [1.54, 1.807) is 11.3 Å². The number of hydrogen-bond acceptors (Lipinski definition) is 4. The number of thiazole rings is 1. The Morgan fingerprint density at radius 2 is 2.14 bits per heavy atom. The Morgan fingerprint density at radius 3 is 2.76 bits per heavy atom. The van der Waals surface area contributed by atoms with Crippen molar-refractivity contribution in [3.63, 3.8) is 0 Å². The van der Waals surface area contributed by atoms with Crippen LogP contribution in [0.3, 0.4) is 0 Å². The van der Waals surface area contributed by atoms with E-state index in [2.05, 4.69) is 11.9 Å². The zero-order valence-corrected chi connectivity index (χ0v) is 14.0. The summed E-state index contributed by atoms with van der Waals surface area (Å²) < 4.78 is 6.06. The Labute approximate surface area is 135 Å².